The van der Waals surface area contributed by atoms with Crippen molar-refractivity contribution in [2.45, 2.75) is 38.2 Å². The standard InChI is InChI=1S/C16H22ClNO/c1-12-10-16(7-9-19-12)6-8-18-11-15(16)13-2-4-14(17)5-3-13/h2-5,12,15,18H,6-11H2,1H3. The minimum absolute atomic E-state index is 0.390. The molecule has 19 heavy (non-hydrogen) atoms. The highest BCUT2D eigenvalue weighted by Crippen LogP contribution is 2.49. The van der Waals surface area contributed by atoms with Crippen molar-refractivity contribution in [3.63, 3.8) is 0 Å². The van der Waals surface area contributed by atoms with Gasteiger partial charge < -0.3 is 10.1 Å². The Kier molecular flexibility index (Phi) is 3.84. The first-order valence-electron chi connectivity index (χ1n) is 7.27. The van der Waals surface area contributed by atoms with Gasteiger partial charge in [0.25, 0.3) is 0 Å². The first kappa shape index (κ1) is 13.4. The molecule has 3 atom stereocenters. The molecular weight excluding hydrogens is 258 g/mol. The van der Waals surface area contributed by atoms with E-state index >= 15 is 0 Å². The number of halogens is 1. The van der Waals surface area contributed by atoms with Crippen molar-refractivity contribution in [1.29, 1.82) is 0 Å². The van der Waals surface area contributed by atoms with Crippen LogP contribution in [0.1, 0.15) is 37.7 Å². The summed E-state index contributed by atoms with van der Waals surface area (Å²) in [6, 6.07) is 8.42. The second kappa shape index (κ2) is 5.43. The van der Waals surface area contributed by atoms with E-state index in [1.54, 1.807) is 0 Å². The molecule has 0 aliphatic carbocycles. The monoisotopic (exact) mass is 279 g/mol. The van der Waals surface area contributed by atoms with Crippen LogP contribution in [0, 0.1) is 5.41 Å². The molecule has 104 valence electrons. The molecule has 0 aromatic heterocycles. The lowest BCUT2D eigenvalue weighted by Gasteiger charge is -2.49. The Balaban J connectivity index is 1.90. The number of nitrogens with one attached hydrogen (secondary N) is 1. The molecule has 1 aromatic carbocycles. The maximum absolute atomic E-state index is 6.02. The summed E-state index contributed by atoms with van der Waals surface area (Å²) < 4.78 is 5.77. The Hall–Kier alpha value is -0.570. The van der Waals surface area contributed by atoms with Gasteiger partial charge in [0.05, 0.1) is 6.10 Å². The predicted molar refractivity (Wildman–Crippen MR) is 78.8 cm³/mol. The van der Waals surface area contributed by atoms with Gasteiger partial charge in [0.15, 0.2) is 0 Å². The van der Waals surface area contributed by atoms with Crippen molar-refractivity contribution in [3.8, 4) is 0 Å². The van der Waals surface area contributed by atoms with Crippen LogP contribution >= 0.6 is 11.6 Å². The first-order valence-corrected chi connectivity index (χ1v) is 7.65. The van der Waals surface area contributed by atoms with Gasteiger partial charge in [-0.2, -0.15) is 0 Å². The van der Waals surface area contributed by atoms with Crippen molar-refractivity contribution in [2.24, 2.45) is 5.41 Å². The molecule has 2 saturated heterocycles. The van der Waals surface area contributed by atoms with Crippen molar-refractivity contribution in [1.82, 2.24) is 5.32 Å². The molecule has 2 aliphatic heterocycles. The van der Waals surface area contributed by atoms with E-state index in [-0.39, 0.29) is 0 Å². The molecule has 2 heterocycles. The average molecular weight is 280 g/mol. The molecule has 2 fully saturated rings. The van der Waals surface area contributed by atoms with E-state index < -0.39 is 0 Å². The average Bonchev–Trinajstić information content (AvgIpc) is 2.40. The summed E-state index contributed by atoms with van der Waals surface area (Å²) in [6.07, 6.45) is 4.02. The largest absolute Gasteiger partial charge is 0.378 e. The van der Waals surface area contributed by atoms with E-state index in [0.29, 0.717) is 17.4 Å². The SMILES string of the molecule is CC1CC2(CCNCC2c2ccc(Cl)cc2)CCO1. The lowest BCUT2D eigenvalue weighted by atomic mass is 9.62. The molecule has 1 N–H and O–H groups in total. The van der Waals surface area contributed by atoms with E-state index in [2.05, 4.69) is 24.4 Å². The molecule has 3 unspecified atom stereocenters. The summed E-state index contributed by atoms with van der Waals surface area (Å²) in [5.74, 6) is 0.588. The van der Waals surface area contributed by atoms with E-state index in [0.717, 1.165) is 24.7 Å². The third kappa shape index (κ3) is 2.67. The summed E-state index contributed by atoms with van der Waals surface area (Å²) in [7, 11) is 0. The number of ether oxygens (including phenoxy) is 1. The fourth-order valence-corrected chi connectivity index (χ4v) is 4.01. The zero-order valence-electron chi connectivity index (χ0n) is 11.5. The normalized spacial score (nSPS) is 35.5. The molecule has 3 heteroatoms. The second-order valence-electron chi connectivity index (χ2n) is 6.06. The highest BCUT2D eigenvalue weighted by atomic mass is 35.5. The molecular formula is C16H22ClNO. The second-order valence-corrected chi connectivity index (χ2v) is 6.49. The maximum atomic E-state index is 6.02. The predicted octanol–water partition coefficient (Wildman–Crippen LogP) is 3.60. The quantitative estimate of drug-likeness (QED) is 0.848. The Bertz CT molecular complexity index is 429. The molecule has 3 rings (SSSR count). The van der Waals surface area contributed by atoms with Gasteiger partial charge in [-0.15, -0.1) is 0 Å². The first-order chi connectivity index (χ1) is 9.20. The highest BCUT2D eigenvalue weighted by Gasteiger charge is 2.44. The Morgan fingerprint density at radius 2 is 2.05 bits per heavy atom. The number of benzene rings is 1. The maximum Gasteiger partial charge on any atom is 0.0552 e. The lowest BCUT2D eigenvalue weighted by molar-refractivity contribution is -0.0596. The van der Waals surface area contributed by atoms with Crippen LogP contribution in [0.4, 0.5) is 0 Å². The van der Waals surface area contributed by atoms with Gasteiger partial charge in [-0.3, -0.25) is 0 Å². The van der Waals surface area contributed by atoms with Crippen LogP contribution in [-0.2, 0) is 4.74 Å². The van der Waals surface area contributed by atoms with Crippen molar-refractivity contribution >= 4 is 11.6 Å². The number of hydrogen-bond donors (Lipinski definition) is 1. The van der Waals surface area contributed by atoms with Gasteiger partial charge in [0.2, 0.25) is 0 Å². The van der Waals surface area contributed by atoms with Crippen LogP contribution in [0.15, 0.2) is 24.3 Å². The van der Waals surface area contributed by atoms with Gasteiger partial charge in [-0.05, 0) is 55.8 Å². The molecule has 0 radical (unpaired) electrons. The van der Waals surface area contributed by atoms with Crippen LogP contribution in [0.25, 0.3) is 0 Å². The topological polar surface area (TPSA) is 21.3 Å². The van der Waals surface area contributed by atoms with Gasteiger partial charge in [0, 0.05) is 24.1 Å². The van der Waals surface area contributed by atoms with E-state index in [1.165, 1.54) is 24.8 Å². The van der Waals surface area contributed by atoms with E-state index in [1.807, 2.05) is 12.1 Å². The smallest absolute Gasteiger partial charge is 0.0552 e. The van der Waals surface area contributed by atoms with E-state index in [4.69, 9.17) is 16.3 Å². The molecule has 0 amide bonds. The van der Waals surface area contributed by atoms with Crippen LogP contribution in [0.3, 0.4) is 0 Å². The highest BCUT2D eigenvalue weighted by molar-refractivity contribution is 6.30. The molecule has 0 bridgehead atoms. The van der Waals surface area contributed by atoms with Crippen LogP contribution in [0.5, 0.6) is 0 Å². The molecule has 0 saturated carbocycles. The minimum Gasteiger partial charge on any atom is -0.378 e. The Morgan fingerprint density at radius 3 is 2.79 bits per heavy atom. The van der Waals surface area contributed by atoms with Crippen LogP contribution in [-0.4, -0.2) is 25.8 Å². The molecule has 1 spiro atoms. The fraction of sp³-hybridized carbons (Fsp3) is 0.625. The Morgan fingerprint density at radius 1 is 1.26 bits per heavy atom. The molecule has 1 aromatic rings. The summed E-state index contributed by atoms with van der Waals surface area (Å²) in [4.78, 5) is 0. The third-order valence-corrected chi connectivity index (χ3v) is 5.11. The minimum atomic E-state index is 0.390. The summed E-state index contributed by atoms with van der Waals surface area (Å²) >= 11 is 6.02. The third-order valence-electron chi connectivity index (χ3n) is 4.86. The zero-order chi connectivity index (χ0) is 13.3. The number of piperidine rings is 1. The summed E-state index contributed by atoms with van der Waals surface area (Å²) in [6.45, 7) is 5.33. The molecule has 2 nitrogen and oxygen atoms in total. The fourth-order valence-electron chi connectivity index (χ4n) is 3.88. The van der Waals surface area contributed by atoms with Gasteiger partial charge in [-0.25, -0.2) is 0 Å². The van der Waals surface area contributed by atoms with Crippen molar-refractivity contribution < 1.29 is 4.74 Å². The zero-order valence-corrected chi connectivity index (χ0v) is 12.2. The van der Waals surface area contributed by atoms with Crippen molar-refractivity contribution in [2.75, 3.05) is 19.7 Å². The number of rotatable bonds is 1. The van der Waals surface area contributed by atoms with Crippen LogP contribution < -0.4 is 5.32 Å². The summed E-state index contributed by atoms with van der Waals surface area (Å²) in [5.41, 5.74) is 1.84. The van der Waals surface area contributed by atoms with Gasteiger partial charge >= 0.3 is 0 Å². The van der Waals surface area contributed by atoms with Gasteiger partial charge in [0.1, 0.15) is 0 Å². The van der Waals surface area contributed by atoms with Gasteiger partial charge in [-0.1, -0.05) is 23.7 Å². The lowest BCUT2D eigenvalue weighted by Crippen LogP contribution is -2.48. The number of hydrogen-bond acceptors (Lipinski definition) is 2. The Labute approximate surface area is 120 Å². The summed E-state index contributed by atoms with van der Waals surface area (Å²) in [5, 5.41) is 4.38. The van der Waals surface area contributed by atoms with Crippen LogP contribution in [0.2, 0.25) is 5.02 Å². The van der Waals surface area contributed by atoms with Crippen molar-refractivity contribution in [3.05, 3.63) is 34.9 Å². The van der Waals surface area contributed by atoms with E-state index in [9.17, 15) is 0 Å². The molecule has 2 aliphatic rings.